The predicted octanol–water partition coefficient (Wildman–Crippen LogP) is 3.26. The third kappa shape index (κ3) is 3.62. The standard InChI is InChI=1S/C20H19N7O/c1-2-5-14(6-3-1)11-18-22-19(28-24-18)13-21-16-8-4-7-15(12-16)20-23-25-26-27(20)17-9-10-17/h1-8,12,17,21H,9-11,13H2. The Labute approximate surface area is 161 Å². The molecule has 8 heteroatoms. The molecule has 5 rings (SSSR count). The van der Waals surface area contributed by atoms with Gasteiger partial charge in [0.2, 0.25) is 5.89 Å². The maximum Gasteiger partial charge on any atom is 0.245 e. The zero-order valence-corrected chi connectivity index (χ0v) is 15.2. The molecule has 1 aliphatic carbocycles. The Hall–Kier alpha value is -3.55. The molecule has 0 unspecified atom stereocenters. The molecule has 2 aromatic carbocycles. The summed E-state index contributed by atoms with van der Waals surface area (Å²) in [5.41, 5.74) is 3.09. The highest BCUT2D eigenvalue weighted by Crippen LogP contribution is 2.36. The van der Waals surface area contributed by atoms with E-state index in [2.05, 4.69) is 43.1 Å². The molecule has 2 heterocycles. The molecule has 0 atom stereocenters. The summed E-state index contributed by atoms with van der Waals surface area (Å²) in [4.78, 5) is 4.46. The van der Waals surface area contributed by atoms with Crippen LogP contribution in [0.2, 0.25) is 0 Å². The second kappa shape index (κ2) is 7.22. The van der Waals surface area contributed by atoms with Crippen LogP contribution in [0.15, 0.2) is 59.1 Å². The summed E-state index contributed by atoms with van der Waals surface area (Å²) in [7, 11) is 0. The molecule has 140 valence electrons. The van der Waals surface area contributed by atoms with Gasteiger partial charge in [-0.3, -0.25) is 0 Å². The van der Waals surface area contributed by atoms with Crippen LogP contribution in [0.4, 0.5) is 5.69 Å². The number of aromatic nitrogens is 6. The van der Waals surface area contributed by atoms with E-state index in [0.717, 1.165) is 35.5 Å². The molecular formula is C20H19N7O. The number of hydrogen-bond acceptors (Lipinski definition) is 7. The summed E-state index contributed by atoms with van der Waals surface area (Å²) in [5, 5.41) is 19.5. The highest BCUT2D eigenvalue weighted by atomic mass is 16.5. The Morgan fingerprint density at radius 1 is 1.07 bits per heavy atom. The highest BCUT2D eigenvalue weighted by molar-refractivity contribution is 5.62. The largest absolute Gasteiger partial charge is 0.376 e. The number of benzene rings is 2. The molecule has 1 fully saturated rings. The first kappa shape index (κ1) is 16.6. The molecule has 1 saturated carbocycles. The minimum absolute atomic E-state index is 0.433. The van der Waals surface area contributed by atoms with E-state index in [1.54, 1.807) is 0 Å². The van der Waals surface area contributed by atoms with Gasteiger partial charge in [0.15, 0.2) is 11.6 Å². The molecule has 0 spiro atoms. The van der Waals surface area contributed by atoms with Gasteiger partial charge in [-0.25, -0.2) is 4.68 Å². The molecule has 0 aliphatic heterocycles. The van der Waals surface area contributed by atoms with Crippen molar-refractivity contribution in [1.29, 1.82) is 0 Å². The Morgan fingerprint density at radius 3 is 2.82 bits per heavy atom. The van der Waals surface area contributed by atoms with E-state index in [0.29, 0.717) is 30.7 Å². The van der Waals surface area contributed by atoms with Crippen LogP contribution < -0.4 is 5.32 Å². The van der Waals surface area contributed by atoms with E-state index >= 15 is 0 Å². The number of nitrogens with one attached hydrogen (secondary N) is 1. The summed E-state index contributed by atoms with van der Waals surface area (Å²) in [6.07, 6.45) is 2.93. The van der Waals surface area contributed by atoms with Crippen LogP contribution in [-0.4, -0.2) is 30.3 Å². The second-order valence-electron chi connectivity index (χ2n) is 6.88. The minimum Gasteiger partial charge on any atom is -0.376 e. The van der Waals surface area contributed by atoms with E-state index in [1.165, 1.54) is 0 Å². The Kier molecular flexibility index (Phi) is 4.29. The second-order valence-corrected chi connectivity index (χ2v) is 6.88. The summed E-state index contributed by atoms with van der Waals surface area (Å²) >= 11 is 0. The first-order valence-corrected chi connectivity index (χ1v) is 9.33. The third-order valence-electron chi connectivity index (χ3n) is 4.67. The fraction of sp³-hybridized carbons (Fsp3) is 0.250. The zero-order valence-electron chi connectivity index (χ0n) is 15.2. The van der Waals surface area contributed by atoms with Crippen LogP contribution in [0.5, 0.6) is 0 Å². The van der Waals surface area contributed by atoms with Gasteiger partial charge in [0, 0.05) is 17.7 Å². The van der Waals surface area contributed by atoms with Crippen LogP contribution >= 0.6 is 0 Å². The van der Waals surface area contributed by atoms with Crippen LogP contribution in [0, 0.1) is 0 Å². The van der Waals surface area contributed by atoms with E-state index in [1.807, 2.05) is 47.1 Å². The van der Waals surface area contributed by atoms with Crippen molar-refractivity contribution in [1.82, 2.24) is 30.3 Å². The minimum atomic E-state index is 0.433. The third-order valence-corrected chi connectivity index (χ3v) is 4.67. The lowest BCUT2D eigenvalue weighted by molar-refractivity contribution is 0.378. The number of nitrogens with zero attached hydrogens (tertiary/aromatic N) is 6. The van der Waals surface area contributed by atoms with Gasteiger partial charge < -0.3 is 9.84 Å². The van der Waals surface area contributed by atoms with Crippen molar-refractivity contribution in [3.05, 3.63) is 71.9 Å². The first-order chi connectivity index (χ1) is 13.8. The van der Waals surface area contributed by atoms with Gasteiger partial charge in [-0.1, -0.05) is 47.6 Å². The van der Waals surface area contributed by atoms with Gasteiger partial charge in [-0.2, -0.15) is 4.98 Å². The van der Waals surface area contributed by atoms with Gasteiger partial charge in [0.05, 0.1) is 12.6 Å². The van der Waals surface area contributed by atoms with Crippen molar-refractivity contribution in [2.45, 2.75) is 31.8 Å². The summed E-state index contributed by atoms with van der Waals surface area (Å²) in [5.74, 6) is 2.04. The molecule has 4 aromatic rings. The van der Waals surface area contributed by atoms with Crippen LogP contribution in [0.3, 0.4) is 0 Å². The maximum atomic E-state index is 5.36. The van der Waals surface area contributed by atoms with Crippen molar-refractivity contribution in [3.63, 3.8) is 0 Å². The lowest BCUT2D eigenvalue weighted by atomic mass is 10.1. The van der Waals surface area contributed by atoms with Gasteiger partial charge in [0.1, 0.15) is 0 Å². The fourth-order valence-corrected chi connectivity index (χ4v) is 3.11. The van der Waals surface area contributed by atoms with Crippen LogP contribution in [0.25, 0.3) is 11.4 Å². The van der Waals surface area contributed by atoms with Crippen molar-refractivity contribution < 1.29 is 4.52 Å². The van der Waals surface area contributed by atoms with Gasteiger partial charge in [-0.05, 0) is 41.0 Å². The van der Waals surface area contributed by atoms with Gasteiger partial charge >= 0.3 is 0 Å². The number of hydrogen-bond donors (Lipinski definition) is 1. The van der Waals surface area contributed by atoms with E-state index in [4.69, 9.17) is 4.52 Å². The molecule has 8 nitrogen and oxygen atoms in total. The Bertz CT molecular complexity index is 1070. The smallest absolute Gasteiger partial charge is 0.245 e. The van der Waals surface area contributed by atoms with Crippen molar-refractivity contribution in [3.8, 4) is 11.4 Å². The van der Waals surface area contributed by atoms with Crippen molar-refractivity contribution >= 4 is 5.69 Å². The molecule has 0 bridgehead atoms. The lowest BCUT2D eigenvalue weighted by Gasteiger charge is -2.07. The van der Waals surface area contributed by atoms with Crippen LogP contribution in [-0.2, 0) is 13.0 Å². The van der Waals surface area contributed by atoms with Gasteiger partial charge in [0.25, 0.3) is 0 Å². The Balaban J connectivity index is 1.25. The highest BCUT2D eigenvalue weighted by Gasteiger charge is 2.28. The average Bonchev–Trinajstić information content (AvgIpc) is 3.28. The average molecular weight is 373 g/mol. The molecule has 0 saturated heterocycles. The molecular weight excluding hydrogens is 354 g/mol. The monoisotopic (exact) mass is 373 g/mol. The molecule has 28 heavy (non-hydrogen) atoms. The van der Waals surface area contributed by atoms with Gasteiger partial charge in [-0.15, -0.1) is 5.10 Å². The maximum absolute atomic E-state index is 5.36. The summed E-state index contributed by atoms with van der Waals surface area (Å²) < 4.78 is 7.27. The normalized spacial score (nSPS) is 13.6. The van der Waals surface area contributed by atoms with E-state index in [9.17, 15) is 0 Å². The summed E-state index contributed by atoms with van der Waals surface area (Å²) in [6, 6.07) is 18.6. The van der Waals surface area contributed by atoms with E-state index in [-0.39, 0.29) is 0 Å². The number of anilines is 1. The topological polar surface area (TPSA) is 94.5 Å². The fourth-order valence-electron chi connectivity index (χ4n) is 3.11. The molecule has 1 aliphatic rings. The van der Waals surface area contributed by atoms with Crippen molar-refractivity contribution in [2.75, 3.05) is 5.32 Å². The predicted molar refractivity (Wildman–Crippen MR) is 102 cm³/mol. The quantitative estimate of drug-likeness (QED) is 0.531. The first-order valence-electron chi connectivity index (χ1n) is 9.33. The number of tetrazole rings is 1. The summed E-state index contributed by atoms with van der Waals surface area (Å²) in [6.45, 7) is 0.457. The van der Waals surface area contributed by atoms with Crippen molar-refractivity contribution in [2.24, 2.45) is 0 Å². The zero-order chi connectivity index (χ0) is 18.8. The number of rotatable bonds is 7. The molecule has 1 N–H and O–H groups in total. The molecule has 2 aromatic heterocycles. The Morgan fingerprint density at radius 2 is 1.96 bits per heavy atom. The van der Waals surface area contributed by atoms with Crippen LogP contribution in [0.1, 0.15) is 36.2 Å². The molecule has 0 radical (unpaired) electrons. The lowest BCUT2D eigenvalue weighted by Crippen LogP contribution is -2.02. The van der Waals surface area contributed by atoms with E-state index < -0.39 is 0 Å². The molecule has 0 amide bonds. The SMILES string of the molecule is c1ccc(Cc2noc(CNc3cccc(-c4nnnn4C4CC4)c3)n2)cc1.